The third-order valence-electron chi connectivity index (χ3n) is 4.74. The van der Waals surface area contributed by atoms with Crippen LogP contribution >= 0.6 is 11.6 Å². The third kappa shape index (κ3) is 6.26. The molecule has 1 saturated heterocycles. The monoisotopic (exact) mass is 447 g/mol. The minimum absolute atomic E-state index is 0.0203. The van der Waals surface area contributed by atoms with Crippen LogP contribution < -0.4 is 24.8 Å². The molecule has 0 aliphatic carbocycles. The Morgan fingerprint density at radius 3 is 2.48 bits per heavy atom. The van der Waals surface area contributed by atoms with Crippen LogP contribution in [0.4, 0.5) is 5.69 Å². The van der Waals surface area contributed by atoms with Crippen molar-refractivity contribution < 1.29 is 23.7 Å². The molecule has 0 unspecified atom stereocenters. The number of methoxy groups -OCH3 is 3. The van der Waals surface area contributed by atoms with Gasteiger partial charge in [0.1, 0.15) is 17.2 Å². The van der Waals surface area contributed by atoms with Gasteiger partial charge in [-0.1, -0.05) is 11.6 Å². The van der Waals surface area contributed by atoms with Crippen LogP contribution in [0.3, 0.4) is 0 Å². The average molecular weight is 448 g/mol. The number of carbonyl (C=O) groups excluding carboxylic acids is 1. The number of halogens is 1. The van der Waals surface area contributed by atoms with Gasteiger partial charge in [0.05, 0.1) is 39.7 Å². The molecule has 9 heteroatoms. The fourth-order valence-corrected chi connectivity index (χ4v) is 3.29. The fraction of sp³-hybridized carbons (Fsp3) is 0.364. The number of anilines is 1. The van der Waals surface area contributed by atoms with Crippen LogP contribution in [0.1, 0.15) is 23.2 Å². The average Bonchev–Trinajstić information content (AvgIpc) is 3.31. The summed E-state index contributed by atoms with van der Waals surface area (Å²) in [7, 11) is 4.61. The molecule has 2 aromatic carbocycles. The Hall–Kier alpha value is -2.97. The molecule has 1 amide bonds. The van der Waals surface area contributed by atoms with E-state index in [1.54, 1.807) is 43.5 Å². The smallest absolute Gasteiger partial charge is 0.258 e. The Morgan fingerprint density at radius 2 is 1.87 bits per heavy atom. The van der Waals surface area contributed by atoms with Crippen molar-refractivity contribution in [1.29, 1.82) is 0 Å². The molecule has 0 spiro atoms. The van der Waals surface area contributed by atoms with Crippen molar-refractivity contribution in [1.82, 2.24) is 5.32 Å². The van der Waals surface area contributed by atoms with E-state index in [1.165, 1.54) is 14.2 Å². The van der Waals surface area contributed by atoms with Crippen LogP contribution in [-0.2, 0) is 4.74 Å². The van der Waals surface area contributed by atoms with Gasteiger partial charge in [-0.2, -0.15) is 0 Å². The summed E-state index contributed by atoms with van der Waals surface area (Å²) >= 11 is 6.14. The molecule has 1 aliphatic rings. The van der Waals surface area contributed by atoms with E-state index in [0.29, 0.717) is 40.1 Å². The Bertz CT molecular complexity index is 922. The first-order valence-corrected chi connectivity index (χ1v) is 10.2. The Kier molecular flexibility index (Phi) is 7.97. The largest absolute Gasteiger partial charge is 0.497 e. The molecule has 1 fully saturated rings. The lowest BCUT2D eigenvalue weighted by molar-refractivity contribution is 0.0975. The number of rotatable bonds is 7. The molecule has 8 nitrogen and oxygen atoms in total. The van der Waals surface area contributed by atoms with E-state index in [1.807, 2.05) is 0 Å². The van der Waals surface area contributed by atoms with E-state index >= 15 is 0 Å². The summed E-state index contributed by atoms with van der Waals surface area (Å²) in [5.74, 6) is 1.45. The predicted octanol–water partition coefficient (Wildman–Crippen LogP) is 3.74. The van der Waals surface area contributed by atoms with Crippen LogP contribution in [0.5, 0.6) is 17.2 Å². The summed E-state index contributed by atoms with van der Waals surface area (Å²) in [6, 6.07) is 10.1. The summed E-state index contributed by atoms with van der Waals surface area (Å²) in [5, 5.41) is 6.44. The topological polar surface area (TPSA) is 90.4 Å². The molecular formula is C22H26ClN3O5. The summed E-state index contributed by atoms with van der Waals surface area (Å²) in [4.78, 5) is 17.5. The second-order valence-corrected chi connectivity index (χ2v) is 7.29. The molecule has 2 aromatic rings. The van der Waals surface area contributed by atoms with Crippen LogP contribution in [0, 0.1) is 0 Å². The minimum Gasteiger partial charge on any atom is -0.497 e. The van der Waals surface area contributed by atoms with Crippen molar-refractivity contribution in [3.63, 3.8) is 0 Å². The Morgan fingerprint density at radius 1 is 1.13 bits per heavy atom. The van der Waals surface area contributed by atoms with Crippen LogP contribution in [0.15, 0.2) is 41.4 Å². The predicted molar refractivity (Wildman–Crippen MR) is 120 cm³/mol. The highest BCUT2D eigenvalue weighted by Gasteiger charge is 2.17. The molecule has 166 valence electrons. The number of ether oxygens (including phenoxy) is 4. The number of aliphatic imine (C=N–C) groups is 1. The molecular weight excluding hydrogens is 422 g/mol. The summed E-state index contributed by atoms with van der Waals surface area (Å²) in [6.45, 7) is 1.13. The molecule has 3 rings (SSSR count). The molecule has 2 N–H and O–H groups in total. The van der Waals surface area contributed by atoms with E-state index < -0.39 is 0 Å². The summed E-state index contributed by atoms with van der Waals surface area (Å²) in [6.07, 6.45) is 1.95. The van der Waals surface area contributed by atoms with Crippen LogP contribution in [0.25, 0.3) is 0 Å². The maximum Gasteiger partial charge on any atom is 0.258 e. The zero-order valence-corrected chi connectivity index (χ0v) is 18.5. The normalized spacial score (nSPS) is 16.0. The first-order valence-electron chi connectivity index (χ1n) is 9.83. The zero-order chi connectivity index (χ0) is 22.2. The summed E-state index contributed by atoms with van der Waals surface area (Å²) < 4.78 is 21.5. The van der Waals surface area contributed by atoms with Crippen molar-refractivity contribution in [2.24, 2.45) is 4.99 Å². The van der Waals surface area contributed by atoms with Crippen molar-refractivity contribution in [2.75, 3.05) is 39.8 Å². The molecule has 1 aliphatic heterocycles. The van der Waals surface area contributed by atoms with Crippen LogP contribution in [-0.4, -0.2) is 52.5 Å². The van der Waals surface area contributed by atoms with E-state index in [9.17, 15) is 4.79 Å². The number of hydrogen-bond acceptors (Lipinski definition) is 6. The van der Waals surface area contributed by atoms with Gasteiger partial charge >= 0.3 is 0 Å². The van der Waals surface area contributed by atoms with Crippen molar-refractivity contribution >= 4 is 29.2 Å². The SMILES string of the molecule is COc1cc(OC)cc(C(=O)NC(=NC[C@H]2CCCO2)Nc2cc(Cl)ccc2OC)c1. The van der Waals surface area contributed by atoms with Crippen LogP contribution in [0.2, 0.25) is 5.02 Å². The van der Waals surface area contributed by atoms with Gasteiger partial charge in [0.25, 0.3) is 5.91 Å². The number of guanidine groups is 1. The highest BCUT2D eigenvalue weighted by molar-refractivity contribution is 6.31. The van der Waals surface area contributed by atoms with Gasteiger partial charge in [-0.05, 0) is 43.2 Å². The zero-order valence-electron chi connectivity index (χ0n) is 17.7. The third-order valence-corrected chi connectivity index (χ3v) is 4.97. The number of nitrogens with one attached hydrogen (secondary N) is 2. The van der Waals surface area contributed by atoms with E-state index in [2.05, 4.69) is 15.6 Å². The highest BCUT2D eigenvalue weighted by Crippen LogP contribution is 2.28. The standard InChI is InChI=1S/C22H26ClN3O5/c1-28-17-9-14(10-18(12-17)29-2)21(27)26-22(24-13-16-5-4-8-31-16)25-19-11-15(23)6-7-20(19)30-3/h6-7,9-12,16H,4-5,8,13H2,1-3H3,(H2,24,25,26,27)/t16-/m1/s1. The van der Waals surface area contributed by atoms with Crippen molar-refractivity contribution in [3.05, 3.63) is 47.0 Å². The lowest BCUT2D eigenvalue weighted by atomic mass is 10.2. The van der Waals surface area contributed by atoms with Gasteiger partial charge in [0, 0.05) is 23.3 Å². The lowest BCUT2D eigenvalue weighted by Gasteiger charge is -2.16. The number of nitrogens with zero attached hydrogens (tertiary/aromatic N) is 1. The lowest BCUT2D eigenvalue weighted by Crippen LogP contribution is -2.37. The summed E-state index contributed by atoms with van der Waals surface area (Å²) in [5.41, 5.74) is 0.936. The molecule has 1 atom stereocenters. The van der Waals surface area contributed by atoms with Gasteiger partial charge in [-0.15, -0.1) is 0 Å². The number of amides is 1. The van der Waals surface area contributed by atoms with E-state index in [-0.39, 0.29) is 18.0 Å². The van der Waals surface area contributed by atoms with Gasteiger partial charge in [0.15, 0.2) is 0 Å². The molecule has 0 radical (unpaired) electrons. The number of carbonyl (C=O) groups is 1. The van der Waals surface area contributed by atoms with E-state index in [0.717, 1.165) is 19.4 Å². The molecule has 0 saturated carbocycles. The Labute approximate surface area is 186 Å². The minimum atomic E-state index is -0.378. The van der Waals surface area contributed by atoms with Gasteiger partial charge < -0.3 is 24.3 Å². The molecule has 0 bridgehead atoms. The second-order valence-electron chi connectivity index (χ2n) is 6.85. The molecule has 0 aromatic heterocycles. The number of hydrogen-bond donors (Lipinski definition) is 2. The van der Waals surface area contributed by atoms with Crippen molar-refractivity contribution in [3.8, 4) is 17.2 Å². The van der Waals surface area contributed by atoms with Crippen molar-refractivity contribution in [2.45, 2.75) is 18.9 Å². The van der Waals surface area contributed by atoms with Gasteiger partial charge in [0.2, 0.25) is 5.96 Å². The van der Waals surface area contributed by atoms with Gasteiger partial charge in [-0.3, -0.25) is 10.1 Å². The number of benzene rings is 2. The first kappa shape index (κ1) is 22.7. The van der Waals surface area contributed by atoms with E-state index in [4.69, 9.17) is 30.5 Å². The second kappa shape index (κ2) is 10.9. The quantitative estimate of drug-likeness (QED) is 0.496. The maximum absolute atomic E-state index is 13.0. The van der Waals surface area contributed by atoms with Gasteiger partial charge in [-0.25, -0.2) is 4.99 Å². The first-order chi connectivity index (χ1) is 15.0. The highest BCUT2D eigenvalue weighted by atomic mass is 35.5. The molecule has 31 heavy (non-hydrogen) atoms. The molecule has 1 heterocycles. The maximum atomic E-state index is 13.0. The fourth-order valence-electron chi connectivity index (χ4n) is 3.12. The Balaban J connectivity index is 1.85.